The van der Waals surface area contributed by atoms with Crippen molar-refractivity contribution in [1.29, 1.82) is 0 Å². The van der Waals surface area contributed by atoms with Gasteiger partial charge in [-0.05, 0) is 41.7 Å². The fraction of sp³-hybridized carbons (Fsp3) is 0.227. The number of hydrogen-bond donors (Lipinski definition) is 2. The van der Waals surface area contributed by atoms with Gasteiger partial charge in [-0.1, -0.05) is 50.2 Å². The van der Waals surface area contributed by atoms with Crippen molar-refractivity contribution in [3.05, 3.63) is 71.4 Å². The number of benzene rings is 2. The number of ether oxygens (including phenoxy) is 1. The molecule has 28 heavy (non-hydrogen) atoms. The van der Waals surface area contributed by atoms with E-state index in [1.165, 1.54) is 5.56 Å². The van der Waals surface area contributed by atoms with Gasteiger partial charge in [-0.15, -0.1) is 0 Å². The Bertz CT molecular complexity index is 959. The lowest BCUT2D eigenvalue weighted by Crippen LogP contribution is -2.18. The largest absolute Gasteiger partial charge is 0.497 e. The van der Waals surface area contributed by atoms with Crippen LogP contribution in [0.5, 0.6) is 5.75 Å². The first kappa shape index (κ1) is 19.4. The van der Waals surface area contributed by atoms with Crippen LogP contribution in [0.25, 0.3) is 11.3 Å². The summed E-state index contributed by atoms with van der Waals surface area (Å²) in [5, 5.41) is 11.0. The van der Waals surface area contributed by atoms with Crippen LogP contribution in [-0.2, 0) is 6.42 Å². The molecule has 0 aliphatic rings. The van der Waals surface area contributed by atoms with Gasteiger partial charge in [0.2, 0.25) is 0 Å². The van der Waals surface area contributed by atoms with Gasteiger partial charge in [-0.2, -0.15) is 10.2 Å². The third-order valence-corrected chi connectivity index (χ3v) is 4.19. The van der Waals surface area contributed by atoms with Crippen LogP contribution in [0.2, 0.25) is 0 Å². The minimum Gasteiger partial charge on any atom is -0.497 e. The van der Waals surface area contributed by atoms with Crippen LogP contribution >= 0.6 is 0 Å². The third kappa shape index (κ3) is 5.07. The quantitative estimate of drug-likeness (QED) is 0.482. The maximum atomic E-state index is 12.3. The topological polar surface area (TPSA) is 79.4 Å². The molecule has 2 N–H and O–H groups in total. The molecule has 0 saturated heterocycles. The number of hydrazone groups is 1. The summed E-state index contributed by atoms with van der Waals surface area (Å²) >= 11 is 0. The van der Waals surface area contributed by atoms with Crippen molar-refractivity contribution in [2.45, 2.75) is 20.3 Å². The van der Waals surface area contributed by atoms with Crippen molar-refractivity contribution in [3.8, 4) is 17.0 Å². The molecule has 0 aliphatic heterocycles. The van der Waals surface area contributed by atoms with E-state index in [0.717, 1.165) is 29.0 Å². The fourth-order valence-electron chi connectivity index (χ4n) is 2.82. The number of carbonyl (C=O) groups excluding carboxylic acids is 1. The summed E-state index contributed by atoms with van der Waals surface area (Å²) in [6, 6.07) is 17.4. The number of hydrogen-bond acceptors (Lipinski definition) is 4. The first-order valence-corrected chi connectivity index (χ1v) is 9.17. The van der Waals surface area contributed by atoms with Crippen LogP contribution < -0.4 is 10.2 Å². The van der Waals surface area contributed by atoms with E-state index in [0.29, 0.717) is 11.6 Å². The molecule has 0 aliphatic carbocycles. The maximum absolute atomic E-state index is 12.3. The molecule has 0 unspecified atom stereocenters. The maximum Gasteiger partial charge on any atom is 0.289 e. The highest BCUT2D eigenvalue weighted by Crippen LogP contribution is 2.19. The van der Waals surface area contributed by atoms with Crippen LogP contribution in [0.4, 0.5) is 0 Å². The molecule has 2 aromatic carbocycles. The fourth-order valence-corrected chi connectivity index (χ4v) is 2.82. The van der Waals surface area contributed by atoms with Crippen LogP contribution in [0.3, 0.4) is 0 Å². The number of carbonyl (C=O) groups is 1. The average molecular weight is 376 g/mol. The Kier molecular flexibility index (Phi) is 6.22. The summed E-state index contributed by atoms with van der Waals surface area (Å²) < 4.78 is 5.16. The second kappa shape index (κ2) is 8.99. The molecule has 3 rings (SSSR count). The smallest absolute Gasteiger partial charge is 0.289 e. The standard InChI is InChI=1S/C22H24N4O2/c1-15(2)11-16-7-9-18(10-8-16)20-13-21(25-24-20)22(27)26-23-14-17-5-4-6-19(12-17)28-3/h4-10,12-15H,11H2,1-3H3,(H,24,25)(H,26,27)/b23-14+. The van der Waals surface area contributed by atoms with E-state index < -0.39 is 0 Å². The van der Waals surface area contributed by atoms with Crippen LogP contribution in [-0.4, -0.2) is 29.4 Å². The number of methoxy groups -OCH3 is 1. The average Bonchev–Trinajstić information content (AvgIpc) is 3.18. The molecule has 1 heterocycles. The molecular weight excluding hydrogens is 352 g/mol. The zero-order valence-electron chi connectivity index (χ0n) is 16.3. The van der Waals surface area contributed by atoms with Gasteiger partial charge in [0.25, 0.3) is 5.91 Å². The molecule has 1 amide bonds. The summed E-state index contributed by atoms with van der Waals surface area (Å²) in [5.74, 6) is 0.992. The highest BCUT2D eigenvalue weighted by Gasteiger charge is 2.10. The Balaban J connectivity index is 1.62. The van der Waals surface area contributed by atoms with Crippen molar-refractivity contribution in [3.63, 3.8) is 0 Å². The lowest BCUT2D eigenvalue weighted by Gasteiger charge is -2.05. The molecule has 0 radical (unpaired) electrons. The molecule has 0 spiro atoms. The summed E-state index contributed by atoms with van der Waals surface area (Å²) in [6.45, 7) is 4.40. The van der Waals surface area contributed by atoms with E-state index in [1.54, 1.807) is 19.4 Å². The molecule has 1 aromatic heterocycles. The summed E-state index contributed by atoms with van der Waals surface area (Å²) in [4.78, 5) is 12.3. The third-order valence-electron chi connectivity index (χ3n) is 4.19. The van der Waals surface area contributed by atoms with Crippen molar-refractivity contribution in [2.75, 3.05) is 7.11 Å². The van der Waals surface area contributed by atoms with Crippen molar-refractivity contribution in [2.24, 2.45) is 11.0 Å². The summed E-state index contributed by atoms with van der Waals surface area (Å²) in [7, 11) is 1.60. The van der Waals surface area contributed by atoms with E-state index in [2.05, 4.69) is 46.7 Å². The molecule has 3 aromatic rings. The number of amides is 1. The SMILES string of the molecule is COc1cccc(/C=N/NC(=O)c2cc(-c3ccc(CC(C)C)cc3)n[nH]2)c1. The Hall–Kier alpha value is -3.41. The summed E-state index contributed by atoms with van der Waals surface area (Å²) in [5.41, 5.74) is 6.65. The van der Waals surface area contributed by atoms with Gasteiger partial charge in [0, 0.05) is 5.56 Å². The lowest BCUT2D eigenvalue weighted by atomic mass is 10.0. The molecule has 144 valence electrons. The molecule has 0 fully saturated rings. The van der Waals surface area contributed by atoms with Gasteiger partial charge in [0.1, 0.15) is 11.4 Å². The van der Waals surface area contributed by atoms with Crippen molar-refractivity contribution < 1.29 is 9.53 Å². The molecule has 6 nitrogen and oxygen atoms in total. The molecule has 0 bridgehead atoms. The Morgan fingerprint density at radius 3 is 2.71 bits per heavy atom. The zero-order valence-corrected chi connectivity index (χ0v) is 16.3. The second-order valence-corrected chi connectivity index (χ2v) is 6.94. The predicted molar refractivity (Wildman–Crippen MR) is 111 cm³/mol. The molecule has 0 atom stereocenters. The molecule has 6 heteroatoms. The number of rotatable bonds is 7. The van der Waals surface area contributed by atoms with Crippen LogP contribution in [0.1, 0.15) is 35.5 Å². The van der Waals surface area contributed by atoms with Crippen molar-refractivity contribution >= 4 is 12.1 Å². The van der Waals surface area contributed by atoms with Gasteiger partial charge in [-0.25, -0.2) is 5.43 Å². The number of aromatic nitrogens is 2. The summed E-state index contributed by atoms with van der Waals surface area (Å²) in [6.07, 6.45) is 2.60. The zero-order chi connectivity index (χ0) is 19.9. The number of nitrogens with one attached hydrogen (secondary N) is 2. The lowest BCUT2D eigenvalue weighted by molar-refractivity contribution is 0.0950. The first-order chi connectivity index (χ1) is 13.5. The monoisotopic (exact) mass is 376 g/mol. The Labute approximate surface area is 164 Å². The van der Waals surface area contributed by atoms with Gasteiger partial charge in [0.05, 0.1) is 19.0 Å². The Morgan fingerprint density at radius 2 is 2.00 bits per heavy atom. The van der Waals surface area contributed by atoms with Crippen LogP contribution in [0.15, 0.2) is 59.7 Å². The number of nitrogens with zero attached hydrogens (tertiary/aromatic N) is 2. The first-order valence-electron chi connectivity index (χ1n) is 9.17. The van der Waals surface area contributed by atoms with Gasteiger partial charge in [-0.3, -0.25) is 9.89 Å². The normalized spacial score (nSPS) is 11.1. The minimum atomic E-state index is -0.352. The van der Waals surface area contributed by atoms with E-state index in [4.69, 9.17) is 4.74 Å². The second-order valence-electron chi connectivity index (χ2n) is 6.94. The number of aromatic amines is 1. The minimum absolute atomic E-state index is 0.351. The van der Waals surface area contributed by atoms with E-state index >= 15 is 0 Å². The Morgan fingerprint density at radius 1 is 1.21 bits per heavy atom. The molecular formula is C22H24N4O2. The van der Waals surface area contributed by atoms with Crippen LogP contribution in [0, 0.1) is 5.92 Å². The highest BCUT2D eigenvalue weighted by molar-refractivity contribution is 5.94. The highest BCUT2D eigenvalue weighted by atomic mass is 16.5. The van der Waals surface area contributed by atoms with Gasteiger partial charge >= 0.3 is 0 Å². The van der Waals surface area contributed by atoms with E-state index in [9.17, 15) is 4.79 Å². The predicted octanol–water partition coefficient (Wildman–Crippen LogP) is 4.05. The number of H-pyrrole nitrogens is 1. The van der Waals surface area contributed by atoms with E-state index in [-0.39, 0.29) is 5.91 Å². The van der Waals surface area contributed by atoms with E-state index in [1.807, 2.05) is 36.4 Å². The van der Waals surface area contributed by atoms with Crippen molar-refractivity contribution in [1.82, 2.24) is 15.6 Å². The molecule has 0 saturated carbocycles. The van der Waals surface area contributed by atoms with Gasteiger partial charge in [0.15, 0.2) is 0 Å². The van der Waals surface area contributed by atoms with Gasteiger partial charge < -0.3 is 4.74 Å².